The minimum absolute atomic E-state index is 0.903. The van der Waals surface area contributed by atoms with Gasteiger partial charge in [0.05, 0.1) is 0 Å². The lowest BCUT2D eigenvalue weighted by molar-refractivity contribution is 0.264. The van der Waals surface area contributed by atoms with Gasteiger partial charge >= 0.3 is 7.87 Å². The third-order valence-corrected chi connectivity index (χ3v) is 8.60. The van der Waals surface area contributed by atoms with Crippen molar-refractivity contribution in [2.75, 3.05) is 14.2 Å². The highest BCUT2D eigenvalue weighted by atomic mass is 35.6. The molecule has 0 radical (unpaired) electrons. The Balaban J connectivity index is 3.13. The van der Waals surface area contributed by atoms with E-state index < -0.39 is 7.87 Å². The Morgan fingerprint density at radius 1 is 0.542 bits per heavy atom. The number of hydrogen-bond donors (Lipinski definition) is 0. The highest BCUT2D eigenvalue weighted by Gasteiger charge is 2.32. The molecule has 146 valence electrons. The van der Waals surface area contributed by atoms with Gasteiger partial charge in [-0.1, -0.05) is 121 Å². The van der Waals surface area contributed by atoms with Crippen LogP contribution in [0.25, 0.3) is 0 Å². The summed E-state index contributed by atoms with van der Waals surface area (Å²) in [4.78, 5) is 0. The predicted octanol–water partition coefficient (Wildman–Crippen LogP) is 7.72. The van der Waals surface area contributed by atoms with Gasteiger partial charge in [0.15, 0.2) is 0 Å². The standard InChI is InChI=1S/C20H43ClO2Si/c1-4-5-6-7-8-9-10-11-12-13-14-15-16-17-18-19-20-24(21,22-2)23-3/h4-20H2,1-3H3. The molecular weight excluding hydrogens is 336 g/mol. The van der Waals surface area contributed by atoms with Crippen LogP contribution in [-0.4, -0.2) is 22.1 Å². The molecule has 0 saturated carbocycles. The Kier molecular flexibility index (Phi) is 18.5. The SMILES string of the molecule is CCCCCCCCCCCCCCCCCC[Si](Cl)(OC)OC. The van der Waals surface area contributed by atoms with Crippen molar-refractivity contribution in [3.05, 3.63) is 0 Å². The molecule has 0 aromatic carbocycles. The molecule has 0 bridgehead atoms. The zero-order valence-corrected chi connectivity index (χ0v) is 18.5. The molecule has 0 heterocycles. The molecule has 0 N–H and O–H groups in total. The smallest absolute Gasteiger partial charge is 0.386 e. The third kappa shape index (κ3) is 15.9. The first-order valence-electron chi connectivity index (χ1n) is 10.5. The maximum absolute atomic E-state index is 6.27. The zero-order valence-electron chi connectivity index (χ0n) is 16.7. The molecule has 0 unspecified atom stereocenters. The summed E-state index contributed by atoms with van der Waals surface area (Å²) in [6, 6.07) is 0.903. The summed E-state index contributed by atoms with van der Waals surface area (Å²) >= 11 is 6.27. The second-order valence-corrected chi connectivity index (χ2v) is 11.5. The van der Waals surface area contributed by atoms with Gasteiger partial charge < -0.3 is 8.85 Å². The van der Waals surface area contributed by atoms with E-state index in [2.05, 4.69) is 6.92 Å². The molecule has 0 fully saturated rings. The topological polar surface area (TPSA) is 18.5 Å². The molecule has 0 aliphatic carbocycles. The van der Waals surface area contributed by atoms with Gasteiger partial charge in [0.1, 0.15) is 0 Å². The van der Waals surface area contributed by atoms with E-state index in [-0.39, 0.29) is 0 Å². The van der Waals surface area contributed by atoms with Gasteiger partial charge in [0.2, 0.25) is 0 Å². The minimum Gasteiger partial charge on any atom is -0.386 e. The molecule has 0 saturated heterocycles. The van der Waals surface area contributed by atoms with E-state index in [0.717, 1.165) is 12.5 Å². The lowest BCUT2D eigenvalue weighted by Crippen LogP contribution is -2.32. The minimum atomic E-state index is -2.33. The van der Waals surface area contributed by atoms with E-state index in [9.17, 15) is 0 Å². The summed E-state index contributed by atoms with van der Waals surface area (Å²) in [6.45, 7) is 2.29. The molecule has 2 nitrogen and oxygen atoms in total. The van der Waals surface area contributed by atoms with Crippen molar-refractivity contribution >= 4 is 18.9 Å². The van der Waals surface area contributed by atoms with Crippen molar-refractivity contribution in [2.24, 2.45) is 0 Å². The Labute approximate surface area is 158 Å². The molecule has 24 heavy (non-hydrogen) atoms. The molecule has 0 rings (SSSR count). The number of halogens is 1. The average Bonchev–Trinajstić information content (AvgIpc) is 2.61. The molecule has 4 heteroatoms. The van der Waals surface area contributed by atoms with Gasteiger partial charge in [-0.15, -0.1) is 0 Å². The van der Waals surface area contributed by atoms with Crippen molar-refractivity contribution in [3.8, 4) is 0 Å². The number of hydrogen-bond acceptors (Lipinski definition) is 2. The number of unbranched alkanes of at least 4 members (excludes halogenated alkanes) is 15. The van der Waals surface area contributed by atoms with Crippen molar-refractivity contribution in [3.63, 3.8) is 0 Å². The van der Waals surface area contributed by atoms with E-state index in [1.54, 1.807) is 14.2 Å². The Bertz CT molecular complexity index is 248. The third-order valence-electron chi connectivity index (χ3n) is 4.94. The van der Waals surface area contributed by atoms with Crippen molar-refractivity contribution in [2.45, 2.75) is 116 Å². The molecule has 0 aromatic heterocycles. The second kappa shape index (κ2) is 18.2. The summed E-state index contributed by atoms with van der Waals surface area (Å²) in [5.41, 5.74) is 0. The van der Waals surface area contributed by atoms with Gasteiger partial charge in [0, 0.05) is 20.3 Å². The van der Waals surface area contributed by atoms with Crippen LogP contribution in [0.5, 0.6) is 0 Å². The Morgan fingerprint density at radius 2 is 0.833 bits per heavy atom. The average molecular weight is 379 g/mol. The van der Waals surface area contributed by atoms with Crippen LogP contribution in [0.4, 0.5) is 0 Å². The van der Waals surface area contributed by atoms with Crippen LogP contribution in [0, 0.1) is 0 Å². The molecule has 0 aliphatic heterocycles. The van der Waals surface area contributed by atoms with E-state index >= 15 is 0 Å². The highest BCUT2D eigenvalue weighted by molar-refractivity contribution is 7.12. The Morgan fingerprint density at radius 3 is 1.12 bits per heavy atom. The van der Waals surface area contributed by atoms with E-state index in [1.165, 1.54) is 96.3 Å². The first-order chi connectivity index (χ1) is 11.7. The molecule has 0 amide bonds. The van der Waals surface area contributed by atoms with Crippen molar-refractivity contribution in [1.29, 1.82) is 0 Å². The maximum atomic E-state index is 6.27. The lowest BCUT2D eigenvalue weighted by Gasteiger charge is -2.19. The van der Waals surface area contributed by atoms with Gasteiger partial charge in [0.25, 0.3) is 0 Å². The first kappa shape index (κ1) is 24.4. The molecule has 0 spiro atoms. The lowest BCUT2D eigenvalue weighted by atomic mass is 10.0. The zero-order chi connectivity index (χ0) is 17.9. The quantitative estimate of drug-likeness (QED) is 0.130. The normalized spacial score (nSPS) is 12.0. The van der Waals surface area contributed by atoms with Gasteiger partial charge in [-0.2, -0.15) is 0 Å². The van der Waals surface area contributed by atoms with Crippen molar-refractivity contribution < 1.29 is 8.85 Å². The van der Waals surface area contributed by atoms with E-state index in [0.29, 0.717) is 0 Å². The van der Waals surface area contributed by atoms with Crippen LogP contribution in [0.15, 0.2) is 0 Å². The molecular formula is C20H43ClO2Si. The molecule has 0 aliphatic rings. The predicted molar refractivity (Wildman–Crippen MR) is 110 cm³/mol. The highest BCUT2D eigenvalue weighted by Crippen LogP contribution is 2.21. The van der Waals surface area contributed by atoms with Crippen LogP contribution >= 0.6 is 11.1 Å². The monoisotopic (exact) mass is 378 g/mol. The van der Waals surface area contributed by atoms with Crippen LogP contribution < -0.4 is 0 Å². The fourth-order valence-corrected chi connectivity index (χ4v) is 4.82. The molecule has 0 aromatic rings. The van der Waals surface area contributed by atoms with Crippen LogP contribution in [0.3, 0.4) is 0 Å². The maximum Gasteiger partial charge on any atom is 0.442 e. The van der Waals surface area contributed by atoms with Gasteiger partial charge in [-0.25, -0.2) is 0 Å². The second-order valence-electron chi connectivity index (χ2n) is 7.12. The summed E-state index contributed by atoms with van der Waals surface area (Å²) < 4.78 is 10.6. The van der Waals surface area contributed by atoms with E-state index in [1.807, 2.05) is 0 Å². The summed E-state index contributed by atoms with van der Waals surface area (Å²) in [5.74, 6) is 0. The van der Waals surface area contributed by atoms with Crippen LogP contribution in [0.1, 0.15) is 110 Å². The van der Waals surface area contributed by atoms with Gasteiger partial charge in [-0.05, 0) is 0 Å². The summed E-state index contributed by atoms with van der Waals surface area (Å²) in [6.07, 6.45) is 22.3. The largest absolute Gasteiger partial charge is 0.442 e. The van der Waals surface area contributed by atoms with Crippen molar-refractivity contribution in [1.82, 2.24) is 0 Å². The van der Waals surface area contributed by atoms with Crippen LogP contribution in [0.2, 0.25) is 6.04 Å². The summed E-state index contributed by atoms with van der Waals surface area (Å²) in [7, 11) is 0.992. The molecule has 0 atom stereocenters. The fourth-order valence-electron chi connectivity index (χ4n) is 3.17. The number of rotatable bonds is 19. The fraction of sp³-hybridized carbons (Fsp3) is 1.00. The first-order valence-corrected chi connectivity index (χ1v) is 13.5. The van der Waals surface area contributed by atoms with Crippen LogP contribution in [-0.2, 0) is 8.85 Å². The summed E-state index contributed by atoms with van der Waals surface area (Å²) in [5, 5.41) is 0. The van der Waals surface area contributed by atoms with Gasteiger partial charge in [-0.3, -0.25) is 0 Å². The Hall–Kier alpha value is 0.427. The van der Waals surface area contributed by atoms with E-state index in [4.69, 9.17) is 19.9 Å².